The lowest BCUT2D eigenvalue weighted by molar-refractivity contribution is -0.495. The number of anilines is 3. The first-order valence-electron chi connectivity index (χ1n) is 11.1. The zero-order valence-corrected chi connectivity index (χ0v) is 21.4. The zero-order chi connectivity index (χ0) is 23.7. The minimum absolute atomic E-state index is 0. The highest BCUT2D eigenvalue weighted by Crippen LogP contribution is 2.34. The number of para-hydroxylation sites is 1. The number of halogens is 1. The third kappa shape index (κ3) is 4.57. The number of hydrazine groups is 1. The van der Waals surface area contributed by atoms with E-state index in [1.54, 1.807) is 5.01 Å². The summed E-state index contributed by atoms with van der Waals surface area (Å²) in [6.45, 7) is 2.01. The zero-order valence-electron chi connectivity index (χ0n) is 20.6. The van der Waals surface area contributed by atoms with Crippen molar-refractivity contribution in [3.05, 3.63) is 95.6 Å². The summed E-state index contributed by atoms with van der Waals surface area (Å²) < 4.78 is 1.94. The maximum absolute atomic E-state index is 13.9. The Morgan fingerprint density at radius 2 is 1.18 bits per heavy atom. The Kier molecular flexibility index (Phi) is 7.48. The molecular formula is C28H32ClN4O+. The second-order valence-electron chi connectivity index (χ2n) is 8.69. The van der Waals surface area contributed by atoms with Crippen molar-refractivity contribution in [2.75, 3.05) is 50.0 Å². The Morgan fingerprint density at radius 3 is 1.59 bits per heavy atom. The number of benzene rings is 3. The van der Waals surface area contributed by atoms with E-state index in [1.807, 2.05) is 77.2 Å². The monoisotopic (exact) mass is 475 g/mol. The molecule has 0 aromatic heterocycles. The van der Waals surface area contributed by atoms with Crippen LogP contribution in [0, 0.1) is 0 Å². The number of hydrazone groups is 1. The van der Waals surface area contributed by atoms with Gasteiger partial charge in [-0.1, -0.05) is 47.5 Å². The van der Waals surface area contributed by atoms with Crippen LogP contribution in [0.5, 0.6) is 0 Å². The molecule has 6 heteroatoms. The number of nitrogens with zero attached hydrogens (tertiary/aromatic N) is 4. The highest BCUT2D eigenvalue weighted by molar-refractivity contribution is 6.31. The molecule has 1 aliphatic heterocycles. The molecule has 1 heterocycles. The summed E-state index contributed by atoms with van der Waals surface area (Å²) in [6.07, 6.45) is 0. The van der Waals surface area contributed by atoms with Crippen LogP contribution in [-0.2, 0) is 4.79 Å². The fourth-order valence-electron chi connectivity index (χ4n) is 4.16. The van der Waals surface area contributed by atoms with Crippen LogP contribution in [-0.4, -0.2) is 51.5 Å². The Labute approximate surface area is 208 Å². The fourth-order valence-corrected chi connectivity index (χ4v) is 4.16. The number of amides is 1. The first kappa shape index (κ1) is 25.1. The summed E-state index contributed by atoms with van der Waals surface area (Å²) in [7, 11) is 10.0. The van der Waals surface area contributed by atoms with Gasteiger partial charge in [-0.25, -0.2) is 0 Å². The molecule has 0 spiro atoms. The average Bonchev–Trinajstić information content (AvgIpc) is 3.04. The lowest BCUT2D eigenvalue weighted by atomic mass is 9.90. The van der Waals surface area contributed by atoms with Gasteiger partial charge >= 0.3 is 5.91 Å². The minimum Gasteiger partial charge on any atom is -0.378 e. The molecule has 0 unspecified atom stereocenters. The lowest BCUT2D eigenvalue weighted by Crippen LogP contribution is -2.33. The van der Waals surface area contributed by atoms with Crippen LogP contribution in [0.15, 0.2) is 84.4 Å². The summed E-state index contributed by atoms with van der Waals surface area (Å²) >= 11 is 0. The fraction of sp³-hybridized carbons (Fsp3) is 0.214. The Bertz CT molecular complexity index is 1170. The van der Waals surface area contributed by atoms with Crippen LogP contribution in [0.3, 0.4) is 0 Å². The van der Waals surface area contributed by atoms with E-state index in [2.05, 4.69) is 58.3 Å². The van der Waals surface area contributed by atoms with Crippen molar-refractivity contribution in [1.29, 1.82) is 0 Å². The van der Waals surface area contributed by atoms with Crippen molar-refractivity contribution >= 4 is 46.7 Å². The molecule has 3 aromatic rings. The molecule has 1 amide bonds. The van der Waals surface area contributed by atoms with Gasteiger partial charge in [0.2, 0.25) is 5.71 Å². The Balaban J connectivity index is 0.00000324. The van der Waals surface area contributed by atoms with Gasteiger partial charge in [-0.3, -0.25) is 4.79 Å². The second kappa shape index (κ2) is 10.1. The van der Waals surface area contributed by atoms with Crippen molar-refractivity contribution in [1.82, 2.24) is 0 Å². The average molecular weight is 476 g/mol. The summed E-state index contributed by atoms with van der Waals surface area (Å²) in [6, 6.07) is 26.6. The van der Waals surface area contributed by atoms with E-state index in [9.17, 15) is 4.79 Å². The Hall–Kier alpha value is -3.57. The predicted molar refractivity (Wildman–Crippen MR) is 146 cm³/mol. The van der Waals surface area contributed by atoms with Crippen molar-refractivity contribution in [3.8, 4) is 0 Å². The lowest BCUT2D eigenvalue weighted by Gasteiger charge is -2.17. The van der Waals surface area contributed by atoms with E-state index in [0.717, 1.165) is 45.0 Å². The molecule has 0 atom stereocenters. The van der Waals surface area contributed by atoms with Gasteiger partial charge in [0.05, 0.1) is 0 Å². The molecule has 0 N–H and O–H groups in total. The number of carbonyl (C=O) groups is 1. The van der Waals surface area contributed by atoms with Crippen LogP contribution in [0.2, 0.25) is 0 Å². The molecule has 0 saturated heterocycles. The molecule has 5 nitrogen and oxygen atoms in total. The van der Waals surface area contributed by atoms with Gasteiger partial charge in [-0.05, 0) is 47.5 Å². The maximum atomic E-state index is 13.9. The van der Waals surface area contributed by atoms with E-state index in [0.29, 0.717) is 0 Å². The molecular weight excluding hydrogens is 444 g/mol. The van der Waals surface area contributed by atoms with E-state index >= 15 is 0 Å². The van der Waals surface area contributed by atoms with Crippen molar-refractivity contribution < 1.29 is 9.48 Å². The first-order chi connectivity index (χ1) is 15.8. The quantitative estimate of drug-likeness (QED) is 0.379. The van der Waals surface area contributed by atoms with E-state index < -0.39 is 0 Å². The molecule has 34 heavy (non-hydrogen) atoms. The molecule has 0 radical (unpaired) electrons. The van der Waals surface area contributed by atoms with Gasteiger partial charge in [0.1, 0.15) is 11.3 Å². The molecule has 0 fully saturated rings. The van der Waals surface area contributed by atoms with Gasteiger partial charge in [-0.15, -0.1) is 17.1 Å². The number of hydrogen-bond donors (Lipinski definition) is 0. The molecule has 4 rings (SSSR count). The van der Waals surface area contributed by atoms with E-state index in [1.165, 1.54) is 0 Å². The summed E-state index contributed by atoms with van der Waals surface area (Å²) in [5.74, 6) is -0.0235. The van der Waals surface area contributed by atoms with E-state index in [-0.39, 0.29) is 18.3 Å². The highest BCUT2D eigenvalue weighted by Gasteiger charge is 2.42. The molecule has 1 aliphatic rings. The second-order valence-corrected chi connectivity index (χ2v) is 8.69. The van der Waals surface area contributed by atoms with Crippen LogP contribution < -0.4 is 14.8 Å². The van der Waals surface area contributed by atoms with Crippen molar-refractivity contribution in [2.45, 2.75) is 6.92 Å². The molecule has 0 saturated carbocycles. The van der Waals surface area contributed by atoms with Gasteiger partial charge in [0.15, 0.2) is 7.05 Å². The summed E-state index contributed by atoms with van der Waals surface area (Å²) in [5, 5.41) is 1.74. The van der Waals surface area contributed by atoms with E-state index in [4.69, 9.17) is 0 Å². The van der Waals surface area contributed by atoms with Crippen molar-refractivity contribution in [2.24, 2.45) is 0 Å². The normalized spacial score (nSPS) is 13.2. The van der Waals surface area contributed by atoms with Crippen LogP contribution in [0.25, 0.3) is 5.57 Å². The van der Waals surface area contributed by atoms with Gasteiger partial charge in [0, 0.05) is 52.1 Å². The summed E-state index contributed by atoms with van der Waals surface area (Å²) in [4.78, 5) is 18.0. The molecule has 0 bridgehead atoms. The van der Waals surface area contributed by atoms with Gasteiger partial charge < -0.3 is 9.80 Å². The Morgan fingerprint density at radius 1 is 0.735 bits per heavy atom. The number of hydrogen-bond acceptors (Lipinski definition) is 3. The number of carbonyl (C=O) groups excluding carboxylic acids is 1. The van der Waals surface area contributed by atoms with Crippen LogP contribution >= 0.6 is 12.4 Å². The molecule has 0 aliphatic carbocycles. The molecule has 176 valence electrons. The summed E-state index contributed by atoms with van der Waals surface area (Å²) in [5.41, 5.74) is 7.71. The predicted octanol–water partition coefficient (Wildman–Crippen LogP) is 5.11. The maximum Gasteiger partial charge on any atom is 0.320 e. The first-order valence-corrected chi connectivity index (χ1v) is 11.1. The van der Waals surface area contributed by atoms with Crippen molar-refractivity contribution in [3.63, 3.8) is 0 Å². The smallest absolute Gasteiger partial charge is 0.320 e. The highest BCUT2D eigenvalue weighted by atomic mass is 35.5. The van der Waals surface area contributed by atoms with Gasteiger partial charge in [-0.2, -0.15) is 0 Å². The largest absolute Gasteiger partial charge is 0.378 e. The molecule has 3 aromatic carbocycles. The van der Waals surface area contributed by atoms with Crippen LogP contribution in [0.4, 0.5) is 17.1 Å². The van der Waals surface area contributed by atoms with Gasteiger partial charge in [0.25, 0.3) is 0 Å². The SMILES string of the molecule is CC1=[N+](C)N(c2ccccc2)C(=O)C1=C(c1ccc(N(C)C)cc1)c1ccc(N(C)C)cc1.Cl. The third-order valence-electron chi connectivity index (χ3n) is 6.15. The minimum atomic E-state index is -0.0235. The number of rotatable bonds is 5. The van der Waals surface area contributed by atoms with Crippen LogP contribution in [0.1, 0.15) is 18.1 Å². The standard InChI is InChI=1S/C28H31N4O.ClH/c1-20-26(28(33)32(31(20)6)25-10-8-7-9-11-25)27(21-12-16-23(17-13-21)29(2)3)22-14-18-24(19-15-22)30(4)5;/h7-19H,1-6H3;1H/q+1;. The third-order valence-corrected chi connectivity index (χ3v) is 6.15. The topological polar surface area (TPSA) is 29.8 Å².